The van der Waals surface area contributed by atoms with Crippen LogP contribution in [0.3, 0.4) is 0 Å². The molecule has 0 amide bonds. The largest absolute Gasteiger partial charge is 0.388 e. The van der Waals surface area contributed by atoms with E-state index in [1.165, 1.54) is 12.1 Å². The zero-order chi connectivity index (χ0) is 15.6. The molecule has 112 valence electrons. The SMILES string of the molecule is Cc1cc(C(O)C(CN)c2ccc(F)cc2Cl)ccc1Br. The molecule has 2 nitrogen and oxygen atoms in total. The molecule has 0 aliphatic carbocycles. The molecular formula is C16H16BrClFNO. The minimum Gasteiger partial charge on any atom is -0.388 e. The minimum absolute atomic E-state index is 0.210. The van der Waals surface area contributed by atoms with Gasteiger partial charge in [-0.1, -0.05) is 45.7 Å². The van der Waals surface area contributed by atoms with Gasteiger partial charge in [0.1, 0.15) is 5.82 Å². The van der Waals surface area contributed by atoms with Gasteiger partial charge >= 0.3 is 0 Å². The van der Waals surface area contributed by atoms with Crippen molar-refractivity contribution in [2.24, 2.45) is 5.73 Å². The van der Waals surface area contributed by atoms with Gasteiger partial charge in [-0.05, 0) is 41.8 Å². The molecule has 0 aliphatic heterocycles. The van der Waals surface area contributed by atoms with Gasteiger partial charge in [0.2, 0.25) is 0 Å². The fraction of sp³-hybridized carbons (Fsp3) is 0.250. The van der Waals surface area contributed by atoms with E-state index in [9.17, 15) is 9.50 Å². The van der Waals surface area contributed by atoms with E-state index in [1.54, 1.807) is 6.07 Å². The predicted molar refractivity (Wildman–Crippen MR) is 87.0 cm³/mol. The number of benzene rings is 2. The third kappa shape index (κ3) is 3.64. The summed E-state index contributed by atoms with van der Waals surface area (Å²) in [6.07, 6.45) is -0.801. The summed E-state index contributed by atoms with van der Waals surface area (Å²) in [4.78, 5) is 0. The number of halogens is 3. The quantitative estimate of drug-likeness (QED) is 0.839. The van der Waals surface area contributed by atoms with Crippen LogP contribution in [-0.4, -0.2) is 11.7 Å². The van der Waals surface area contributed by atoms with E-state index in [0.29, 0.717) is 5.56 Å². The molecule has 0 aliphatic rings. The lowest BCUT2D eigenvalue weighted by Gasteiger charge is -2.23. The van der Waals surface area contributed by atoms with E-state index in [2.05, 4.69) is 15.9 Å². The second kappa shape index (κ2) is 6.88. The zero-order valence-corrected chi connectivity index (χ0v) is 13.8. The number of hydrogen-bond donors (Lipinski definition) is 2. The number of aliphatic hydroxyl groups is 1. The monoisotopic (exact) mass is 371 g/mol. The Labute approximate surface area is 136 Å². The smallest absolute Gasteiger partial charge is 0.124 e. The van der Waals surface area contributed by atoms with E-state index in [4.69, 9.17) is 17.3 Å². The molecule has 0 aromatic heterocycles. The van der Waals surface area contributed by atoms with Crippen molar-refractivity contribution in [3.63, 3.8) is 0 Å². The average molecular weight is 373 g/mol. The van der Waals surface area contributed by atoms with E-state index in [0.717, 1.165) is 15.6 Å². The van der Waals surface area contributed by atoms with Crippen molar-refractivity contribution in [2.45, 2.75) is 18.9 Å². The summed E-state index contributed by atoms with van der Waals surface area (Å²) in [7, 11) is 0. The number of hydrogen-bond acceptors (Lipinski definition) is 2. The topological polar surface area (TPSA) is 46.2 Å². The van der Waals surface area contributed by atoms with Crippen LogP contribution in [0.1, 0.15) is 28.7 Å². The van der Waals surface area contributed by atoms with Crippen LogP contribution in [0, 0.1) is 12.7 Å². The van der Waals surface area contributed by atoms with Crippen LogP contribution in [-0.2, 0) is 0 Å². The van der Waals surface area contributed by atoms with Gasteiger partial charge in [-0.3, -0.25) is 0 Å². The average Bonchev–Trinajstić information content (AvgIpc) is 2.44. The first-order valence-electron chi connectivity index (χ1n) is 6.53. The molecule has 0 saturated heterocycles. The fourth-order valence-corrected chi connectivity index (χ4v) is 2.87. The summed E-state index contributed by atoms with van der Waals surface area (Å²) in [5.74, 6) is -0.799. The maximum Gasteiger partial charge on any atom is 0.124 e. The highest BCUT2D eigenvalue weighted by Gasteiger charge is 2.24. The Morgan fingerprint density at radius 1 is 1.29 bits per heavy atom. The number of aliphatic hydroxyl groups excluding tert-OH is 1. The fourth-order valence-electron chi connectivity index (χ4n) is 2.31. The highest BCUT2D eigenvalue weighted by molar-refractivity contribution is 9.10. The van der Waals surface area contributed by atoms with E-state index in [-0.39, 0.29) is 11.6 Å². The first-order valence-corrected chi connectivity index (χ1v) is 7.70. The summed E-state index contributed by atoms with van der Waals surface area (Å²) in [6.45, 7) is 2.16. The molecule has 2 rings (SSSR count). The number of rotatable bonds is 4. The predicted octanol–water partition coefficient (Wildman–Crippen LogP) is 4.33. The lowest BCUT2D eigenvalue weighted by atomic mass is 9.88. The summed E-state index contributed by atoms with van der Waals surface area (Å²) in [5, 5.41) is 10.9. The summed E-state index contributed by atoms with van der Waals surface area (Å²) < 4.78 is 14.1. The van der Waals surface area contributed by atoms with Gasteiger partial charge in [-0.2, -0.15) is 0 Å². The maximum atomic E-state index is 13.2. The van der Waals surface area contributed by atoms with Crippen LogP contribution in [0.25, 0.3) is 0 Å². The van der Waals surface area contributed by atoms with Crippen molar-refractivity contribution >= 4 is 27.5 Å². The van der Waals surface area contributed by atoms with Gasteiger partial charge in [-0.15, -0.1) is 0 Å². The highest BCUT2D eigenvalue weighted by atomic mass is 79.9. The van der Waals surface area contributed by atoms with Gasteiger partial charge in [0.25, 0.3) is 0 Å². The van der Waals surface area contributed by atoms with Gasteiger partial charge in [0.05, 0.1) is 6.10 Å². The third-order valence-electron chi connectivity index (χ3n) is 3.52. The molecule has 21 heavy (non-hydrogen) atoms. The van der Waals surface area contributed by atoms with Crippen molar-refractivity contribution in [1.82, 2.24) is 0 Å². The molecule has 2 atom stereocenters. The molecule has 0 bridgehead atoms. The van der Waals surface area contributed by atoms with Crippen LogP contribution in [0.15, 0.2) is 40.9 Å². The van der Waals surface area contributed by atoms with Crippen molar-refractivity contribution in [3.05, 3.63) is 68.4 Å². The zero-order valence-electron chi connectivity index (χ0n) is 11.5. The lowest BCUT2D eigenvalue weighted by Crippen LogP contribution is -2.20. The van der Waals surface area contributed by atoms with E-state index < -0.39 is 17.8 Å². The Balaban J connectivity index is 2.37. The molecule has 2 aromatic carbocycles. The standard InChI is InChI=1S/C16H16BrClFNO/c1-9-6-10(2-5-14(9)17)16(21)13(8-20)12-4-3-11(19)7-15(12)18/h2-7,13,16,21H,8,20H2,1H3. The molecule has 0 fully saturated rings. The lowest BCUT2D eigenvalue weighted by molar-refractivity contribution is 0.147. The second-order valence-corrected chi connectivity index (χ2v) is 6.22. The van der Waals surface area contributed by atoms with Crippen LogP contribution in [0.4, 0.5) is 4.39 Å². The van der Waals surface area contributed by atoms with Crippen LogP contribution in [0.2, 0.25) is 5.02 Å². The van der Waals surface area contributed by atoms with Crippen LogP contribution >= 0.6 is 27.5 Å². The summed E-state index contributed by atoms with van der Waals surface area (Å²) >= 11 is 9.50. The summed E-state index contributed by atoms with van der Waals surface area (Å²) in [5.41, 5.74) is 8.22. The first kappa shape index (κ1) is 16.4. The number of aryl methyl sites for hydroxylation is 1. The van der Waals surface area contributed by atoms with Crippen LogP contribution in [0.5, 0.6) is 0 Å². The van der Waals surface area contributed by atoms with E-state index in [1.807, 2.05) is 25.1 Å². The third-order valence-corrected chi connectivity index (χ3v) is 4.74. The molecule has 0 saturated carbocycles. The number of nitrogens with two attached hydrogens (primary N) is 1. The van der Waals surface area contributed by atoms with Crippen molar-refractivity contribution in [2.75, 3.05) is 6.54 Å². The van der Waals surface area contributed by atoms with Gasteiger partial charge in [-0.25, -0.2) is 4.39 Å². The van der Waals surface area contributed by atoms with Gasteiger partial charge in [0.15, 0.2) is 0 Å². The molecule has 0 radical (unpaired) electrons. The van der Waals surface area contributed by atoms with Crippen molar-refractivity contribution in [3.8, 4) is 0 Å². The second-order valence-electron chi connectivity index (χ2n) is 4.96. The summed E-state index contributed by atoms with van der Waals surface area (Å²) in [6, 6.07) is 9.75. The molecule has 0 spiro atoms. The van der Waals surface area contributed by atoms with E-state index >= 15 is 0 Å². The van der Waals surface area contributed by atoms with Crippen molar-refractivity contribution < 1.29 is 9.50 Å². The van der Waals surface area contributed by atoms with Crippen LogP contribution < -0.4 is 5.73 Å². The Kier molecular flexibility index (Phi) is 5.38. The normalized spacial score (nSPS) is 14.0. The Morgan fingerprint density at radius 3 is 2.57 bits per heavy atom. The molecule has 2 aromatic rings. The maximum absolute atomic E-state index is 13.2. The highest BCUT2D eigenvalue weighted by Crippen LogP contribution is 2.35. The minimum atomic E-state index is -0.801. The molecular weight excluding hydrogens is 357 g/mol. The molecule has 0 heterocycles. The Hall–Kier alpha value is -0.940. The molecule has 5 heteroatoms. The van der Waals surface area contributed by atoms with Gasteiger partial charge < -0.3 is 10.8 Å². The first-order chi connectivity index (χ1) is 9.93. The molecule has 2 unspecified atom stereocenters. The Bertz CT molecular complexity index is 650. The Morgan fingerprint density at radius 2 is 2.00 bits per heavy atom. The molecule has 3 N–H and O–H groups in total. The van der Waals surface area contributed by atoms with Crippen molar-refractivity contribution in [1.29, 1.82) is 0 Å². The van der Waals surface area contributed by atoms with Gasteiger partial charge in [0, 0.05) is 22.0 Å².